The van der Waals surface area contributed by atoms with Crippen LogP contribution in [0.1, 0.15) is 25.8 Å². The number of benzene rings is 2. The summed E-state index contributed by atoms with van der Waals surface area (Å²) < 4.78 is 0. The molecule has 0 aromatic heterocycles. The lowest BCUT2D eigenvalue weighted by Crippen LogP contribution is -2.32. The predicted octanol–water partition coefficient (Wildman–Crippen LogP) is 4.57. The molecule has 0 fully saturated rings. The van der Waals surface area contributed by atoms with Gasteiger partial charge in [-0.25, -0.2) is 0 Å². The standard InChI is InChI=1S/C19H25N/c1-4-13-20-15-19(3,5-2)14-17-11-8-10-16-9-6-7-12-18(16)17/h5-12,20H,2,4,13-15H2,1,3H3. The largest absolute Gasteiger partial charge is 0.316 e. The summed E-state index contributed by atoms with van der Waals surface area (Å²) in [6, 6.07) is 15.2. The normalized spacial score (nSPS) is 14.1. The maximum Gasteiger partial charge on any atom is 0.00430 e. The van der Waals surface area contributed by atoms with Crippen LogP contribution in [-0.2, 0) is 6.42 Å². The minimum atomic E-state index is 0.0965. The van der Waals surface area contributed by atoms with Crippen molar-refractivity contribution >= 4 is 10.8 Å². The van der Waals surface area contributed by atoms with Gasteiger partial charge in [0.05, 0.1) is 0 Å². The molecule has 0 aliphatic carbocycles. The molecule has 0 spiro atoms. The second-order valence-electron chi connectivity index (χ2n) is 5.85. The number of fused-ring (bicyclic) bond motifs is 1. The van der Waals surface area contributed by atoms with E-state index in [9.17, 15) is 0 Å². The monoisotopic (exact) mass is 267 g/mol. The van der Waals surface area contributed by atoms with Gasteiger partial charge in [0, 0.05) is 12.0 Å². The molecular weight excluding hydrogens is 242 g/mol. The first-order valence-corrected chi connectivity index (χ1v) is 7.49. The highest BCUT2D eigenvalue weighted by Gasteiger charge is 2.21. The molecule has 0 saturated carbocycles. The molecule has 0 saturated heterocycles. The Hall–Kier alpha value is -1.60. The highest BCUT2D eigenvalue weighted by Crippen LogP contribution is 2.28. The number of hydrogen-bond acceptors (Lipinski definition) is 1. The lowest BCUT2D eigenvalue weighted by molar-refractivity contribution is 0.392. The van der Waals surface area contributed by atoms with Gasteiger partial charge >= 0.3 is 0 Å². The molecule has 106 valence electrons. The average molecular weight is 267 g/mol. The van der Waals surface area contributed by atoms with Crippen LogP contribution in [0.15, 0.2) is 55.1 Å². The fourth-order valence-corrected chi connectivity index (χ4v) is 2.64. The quantitative estimate of drug-likeness (QED) is 0.572. The Bertz CT molecular complexity index is 567. The summed E-state index contributed by atoms with van der Waals surface area (Å²) in [5.41, 5.74) is 1.50. The van der Waals surface area contributed by atoms with Crippen LogP contribution in [-0.4, -0.2) is 13.1 Å². The predicted molar refractivity (Wildman–Crippen MR) is 89.1 cm³/mol. The molecule has 0 amide bonds. The molecule has 0 aliphatic heterocycles. The number of nitrogens with one attached hydrogen (secondary N) is 1. The van der Waals surface area contributed by atoms with E-state index in [0.29, 0.717) is 0 Å². The zero-order valence-electron chi connectivity index (χ0n) is 12.7. The molecule has 1 nitrogen and oxygen atoms in total. The molecule has 0 radical (unpaired) electrons. The second kappa shape index (κ2) is 6.71. The zero-order chi connectivity index (χ0) is 14.4. The van der Waals surface area contributed by atoms with Gasteiger partial charge in [-0.2, -0.15) is 0 Å². The van der Waals surface area contributed by atoms with Crippen molar-refractivity contribution in [2.75, 3.05) is 13.1 Å². The first kappa shape index (κ1) is 14.8. The Morgan fingerprint density at radius 2 is 1.90 bits per heavy atom. The lowest BCUT2D eigenvalue weighted by Gasteiger charge is -2.27. The van der Waals surface area contributed by atoms with Crippen molar-refractivity contribution in [3.05, 3.63) is 60.7 Å². The molecule has 0 aliphatic rings. The van der Waals surface area contributed by atoms with E-state index in [1.54, 1.807) is 0 Å². The molecule has 20 heavy (non-hydrogen) atoms. The van der Waals surface area contributed by atoms with Crippen LogP contribution in [0.2, 0.25) is 0 Å². The maximum absolute atomic E-state index is 4.05. The molecule has 2 aromatic rings. The van der Waals surface area contributed by atoms with Crippen LogP contribution >= 0.6 is 0 Å². The smallest absolute Gasteiger partial charge is 0.00430 e. The Kier molecular flexibility index (Phi) is 4.97. The summed E-state index contributed by atoms with van der Waals surface area (Å²) in [6.45, 7) is 10.6. The van der Waals surface area contributed by atoms with Gasteiger partial charge in [0.25, 0.3) is 0 Å². The van der Waals surface area contributed by atoms with Crippen molar-refractivity contribution < 1.29 is 0 Å². The molecule has 1 heteroatoms. The highest BCUT2D eigenvalue weighted by molar-refractivity contribution is 5.85. The van der Waals surface area contributed by atoms with Gasteiger partial charge in [-0.15, -0.1) is 6.58 Å². The Morgan fingerprint density at radius 3 is 2.65 bits per heavy atom. The van der Waals surface area contributed by atoms with Crippen LogP contribution < -0.4 is 5.32 Å². The molecule has 2 aromatic carbocycles. The molecular formula is C19H25N. The van der Waals surface area contributed by atoms with Gasteiger partial charge < -0.3 is 5.32 Å². The van der Waals surface area contributed by atoms with Crippen LogP contribution in [0.3, 0.4) is 0 Å². The van der Waals surface area contributed by atoms with Crippen LogP contribution in [0.5, 0.6) is 0 Å². The van der Waals surface area contributed by atoms with Crippen molar-refractivity contribution in [3.8, 4) is 0 Å². The van der Waals surface area contributed by atoms with E-state index in [1.165, 1.54) is 22.8 Å². The number of hydrogen-bond donors (Lipinski definition) is 1. The van der Waals surface area contributed by atoms with E-state index < -0.39 is 0 Å². The zero-order valence-corrected chi connectivity index (χ0v) is 12.7. The van der Waals surface area contributed by atoms with Crippen molar-refractivity contribution in [1.29, 1.82) is 0 Å². The van der Waals surface area contributed by atoms with Gasteiger partial charge in [-0.05, 0) is 35.7 Å². The Balaban J connectivity index is 2.23. The maximum atomic E-state index is 4.05. The van der Waals surface area contributed by atoms with Gasteiger partial charge in [-0.1, -0.05) is 62.4 Å². The Labute approximate surface area is 122 Å². The van der Waals surface area contributed by atoms with E-state index in [0.717, 1.165) is 19.5 Å². The first-order chi connectivity index (χ1) is 9.68. The average Bonchev–Trinajstić information content (AvgIpc) is 2.48. The van der Waals surface area contributed by atoms with Crippen LogP contribution in [0, 0.1) is 5.41 Å². The molecule has 1 atom stereocenters. The van der Waals surface area contributed by atoms with Crippen molar-refractivity contribution in [3.63, 3.8) is 0 Å². The summed E-state index contributed by atoms with van der Waals surface area (Å²) in [7, 11) is 0. The fourth-order valence-electron chi connectivity index (χ4n) is 2.64. The van der Waals surface area contributed by atoms with Crippen LogP contribution in [0.25, 0.3) is 10.8 Å². The van der Waals surface area contributed by atoms with E-state index >= 15 is 0 Å². The van der Waals surface area contributed by atoms with E-state index in [-0.39, 0.29) is 5.41 Å². The van der Waals surface area contributed by atoms with E-state index in [2.05, 4.69) is 74.3 Å². The molecule has 1 N–H and O–H groups in total. The van der Waals surface area contributed by atoms with Gasteiger partial charge in [0.15, 0.2) is 0 Å². The molecule has 1 unspecified atom stereocenters. The number of rotatable bonds is 7. The van der Waals surface area contributed by atoms with Crippen LogP contribution in [0.4, 0.5) is 0 Å². The highest BCUT2D eigenvalue weighted by atomic mass is 14.9. The topological polar surface area (TPSA) is 12.0 Å². The van der Waals surface area contributed by atoms with Gasteiger partial charge in [-0.3, -0.25) is 0 Å². The van der Waals surface area contributed by atoms with Crippen molar-refractivity contribution in [1.82, 2.24) is 5.32 Å². The lowest BCUT2D eigenvalue weighted by atomic mass is 9.82. The summed E-state index contributed by atoms with van der Waals surface area (Å²) in [5.74, 6) is 0. The first-order valence-electron chi connectivity index (χ1n) is 7.49. The SMILES string of the molecule is C=CC(C)(CNCCC)Cc1cccc2ccccc12. The summed E-state index contributed by atoms with van der Waals surface area (Å²) >= 11 is 0. The fraction of sp³-hybridized carbons (Fsp3) is 0.368. The molecule has 2 rings (SSSR count). The molecule has 0 bridgehead atoms. The van der Waals surface area contributed by atoms with Gasteiger partial charge in [0.1, 0.15) is 0 Å². The summed E-state index contributed by atoms with van der Waals surface area (Å²) in [5, 5.41) is 6.20. The second-order valence-corrected chi connectivity index (χ2v) is 5.85. The summed E-state index contributed by atoms with van der Waals surface area (Å²) in [6.07, 6.45) is 4.29. The van der Waals surface area contributed by atoms with E-state index in [1.807, 2.05) is 0 Å². The molecule has 0 heterocycles. The third kappa shape index (κ3) is 3.49. The third-order valence-electron chi connectivity index (χ3n) is 3.92. The van der Waals surface area contributed by atoms with Gasteiger partial charge in [0.2, 0.25) is 0 Å². The minimum absolute atomic E-state index is 0.0965. The van der Waals surface area contributed by atoms with E-state index in [4.69, 9.17) is 0 Å². The van der Waals surface area contributed by atoms with Crippen molar-refractivity contribution in [2.24, 2.45) is 5.41 Å². The van der Waals surface area contributed by atoms with Crippen molar-refractivity contribution in [2.45, 2.75) is 26.7 Å². The summed E-state index contributed by atoms with van der Waals surface area (Å²) in [4.78, 5) is 0. The Morgan fingerprint density at radius 1 is 1.15 bits per heavy atom. The third-order valence-corrected chi connectivity index (χ3v) is 3.92. The minimum Gasteiger partial charge on any atom is -0.316 e.